The van der Waals surface area contributed by atoms with Crippen LogP contribution in [-0.2, 0) is 17.8 Å². The molecule has 0 fully saturated rings. The van der Waals surface area contributed by atoms with Gasteiger partial charge in [-0.1, -0.05) is 17.7 Å². The van der Waals surface area contributed by atoms with Gasteiger partial charge in [0.15, 0.2) is 0 Å². The summed E-state index contributed by atoms with van der Waals surface area (Å²) in [5, 5.41) is 10.6. The van der Waals surface area contributed by atoms with Gasteiger partial charge in [0.25, 0.3) is 0 Å². The van der Waals surface area contributed by atoms with Gasteiger partial charge in [0.1, 0.15) is 16.7 Å². The molecule has 7 nitrogen and oxygen atoms in total. The summed E-state index contributed by atoms with van der Waals surface area (Å²) in [6.07, 6.45) is 7.13. The normalized spacial score (nSPS) is 12.2. The number of aromatic nitrogens is 4. The number of hydrogen-bond acceptors (Lipinski definition) is 7. The van der Waals surface area contributed by atoms with Gasteiger partial charge in [-0.2, -0.15) is 0 Å². The molecule has 10 heteroatoms. The maximum atomic E-state index is 11.8. The Balaban J connectivity index is 1.48. The topological polar surface area (TPSA) is 107 Å². The second-order valence-electron chi connectivity index (χ2n) is 6.39. The number of thiophene rings is 1. The standard InChI is InChI=1S/C19H16ClN5O2S2/c20-16-3-2-15(29-16)18-23-7-12(28-18)8-25-9-14(24-10-25)13(19(26)27)5-11-1-4-17(21)22-6-11/h1-4,6-7,9-10,13H,5,8H2,(H2,21,22)(H,26,27). The van der Waals surface area contributed by atoms with Crippen molar-refractivity contribution in [3.05, 3.63) is 69.7 Å². The van der Waals surface area contributed by atoms with Crippen molar-refractivity contribution < 1.29 is 9.90 Å². The van der Waals surface area contributed by atoms with Gasteiger partial charge in [-0.25, -0.2) is 15.0 Å². The molecule has 0 aliphatic carbocycles. The Morgan fingerprint density at radius 3 is 2.72 bits per heavy atom. The lowest BCUT2D eigenvalue weighted by molar-refractivity contribution is -0.138. The predicted molar refractivity (Wildman–Crippen MR) is 114 cm³/mol. The summed E-state index contributed by atoms with van der Waals surface area (Å²) in [7, 11) is 0. The van der Waals surface area contributed by atoms with Crippen LogP contribution >= 0.6 is 34.3 Å². The zero-order valence-corrected chi connectivity index (χ0v) is 17.4. The number of imidazole rings is 1. The molecule has 4 heterocycles. The van der Waals surface area contributed by atoms with Crippen LogP contribution in [0.3, 0.4) is 0 Å². The molecule has 0 aliphatic rings. The van der Waals surface area contributed by atoms with Crippen LogP contribution in [0.2, 0.25) is 4.34 Å². The summed E-state index contributed by atoms with van der Waals surface area (Å²) in [6.45, 7) is 0.569. The van der Waals surface area contributed by atoms with Crippen molar-refractivity contribution in [2.24, 2.45) is 0 Å². The molecule has 0 bridgehead atoms. The van der Waals surface area contributed by atoms with Crippen molar-refractivity contribution in [1.29, 1.82) is 0 Å². The fourth-order valence-corrected chi connectivity index (χ4v) is 4.88. The molecule has 4 aromatic heterocycles. The minimum atomic E-state index is -0.929. The third kappa shape index (κ3) is 4.64. The average molecular weight is 446 g/mol. The molecule has 0 aliphatic heterocycles. The van der Waals surface area contributed by atoms with Crippen molar-refractivity contribution in [2.45, 2.75) is 18.9 Å². The van der Waals surface area contributed by atoms with Crippen molar-refractivity contribution >= 4 is 46.1 Å². The first kappa shape index (κ1) is 19.6. The number of carboxylic acid groups (broad SMARTS) is 1. The number of thiazole rings is 1. The van der Waals surface area contributed by atoms with Crippen molar-refractivity contribution in [2.75, 3.05) is 5.73 Å². The molecule has 3 N–H and O–H groups in total. The van der Waals surface area contributed by atoms with Crippen LogP contribution in [0.4, 0.5) is 5.82 Å². The Kier molecular flexibility index (Phi) is 5.61. The fourth-order valence-electron chi connectivity index (χ4n) is 2.86. The molecule has 29 heavy (non-hydrogen) atoms. The Morgan fingerprint density at radius 1 is 1.17 bits per heavy atom. The number of pyridine rings is 1. The molecule has 0 saturated carbocycles. The summed E-state index contributed by atoms with van der Waals surface area (Å²) in [6, 6.07) is 7.25. The number of rotatable bonds is 7. The molecular weight excluding hydrogens is 430 g/mol. The third-order valence-electron chi connectivity index (χ3n) is 4.27. The van der Waals surface area contributed by atoms with Crippen LogP contribution in [0.25, 0.3) is 9.88 Å². The third-order valence-corrected chi connectivity index (χ3v) is 6.65. The quantitative estimate of drug-likeness (QED) is 0.442. The highest BCUT2D eigenvalue weighted by Gasteiger charge is 2.23. The second-order valence-corrected chi connectivity index (χ2v) is 9.22. The van der Waals surface area contributed by atoms with E-state index in [0.29, 0.717) is 24.5 Å². The van der Waals surface area contributed by atoms with E-state index in [9.17, 15) is 9.90 Å². The molecule has 148 valence electrons. The van der Waals surface area contributed by atoms with E-state index in [0.717, 1.165) is 24.7 Å². The molecule has 4 aromatic rings. The monoisotopic (exact) mass is 445 g/mol. The van der Waals surface area contributed by atoms with Crippen LogP contribution in [0.5, 0.6) is 0 Å². The summed E-state index contributed by atoms with van der Waals surface area (Å²) >= 11 is 9.06. The number of hydrogen-bond donors (Lipinski definition) is 2. The van der Waals surface area contributed by atoms with E-state index in [1.54, 1.807) is 42.2 Å². The van der Waals surface area contributed by atoms with E-state index in [4.69, 9.17) is 17.3 Å². The van der Waals surface area contributed by atoms with Crippen LogP contribution in [0.1, 0.15) is 22.1 Å². The van der Waals surface area contributed by atoms with Gasteiger partial charge in [-0.3, -0.25) is 4.79 Å². The van der Waals surface area contributed by atoms with Gasteiger partial charge in [0.05, 0.1) is 27.8 Å². The molecule has 1 atom stereocenters. The SMILES string of the molecule is Nc1ccc(CC(C(=O)O)c2cn(Cc3cnc(-c4ccc(Cl)s4)s3)cn2)cn1. The number of nitrogens with zero attached hydrogens (tertiary/aromatic N) is 4. The van der Waals surface area contributed by atoms with Crippen LogP contribution in [0, 0.1) is 0 Å². The number of halogens is 1. The van der Waals surface area contributed by atoms with E-state index in [-0.39, 0.29) is 0 Å². The van der Waals surface area contributed by atoms with Crippen LogP contribution in [-0.4, -0.2) is 30.6 Å². The average Bonchev–Trinajstić information content (AvgIpc) is 3.43. The Labute approximate surface area is 179 Å². The summed E-state index contributed by atoms with van der Waals surface area (Å²) < 4.78 is 2.59. The highest BCUT2D eigenvalue weighted by molar-refractivity contribution is 7.23. The minimum Gasteiger partial charge on any atom is -0.481 e. The zero-order valence-electron chi connectivity index (χ0n) is 15.0. The van der Waals surface area contributed by atoms with E-state index in [1.165, 1.54) is 11.3 Å². The first-order valence-corrected chi connectivity index (χ1v) is 10.6. The molecule has 0 spiro atoms. The highest BCUT2D eigenvalue weighted by atomic mass is 35.5. The zero-order chi connectivity index (χ0) is 20.4. The van der Waals surface area contributed by atoms with Crippen molar-refractivity contribution in [3.8, 4) is 9.88 Å². The largest absolute Gasteiger partial charge is 0.481 e. The summed E-state index contributed by atoms with van der Waals surface area (Å²) in [5.74, 6) is -1.28. The van der Waals surface area contributed by atoms with E-state index >= 15 is 0 Å². The lowest BCUT2D eigenvalue weighted by Crippen LogP contribution is -2.15. The lowest BCUT2D eigenvalue weighted by atomic mass is 9.98. The molecular formula is C19H16ClN5O2S2. The number of aliphatic carboxylic acids is 1. The van der Waals surface area contributed by atoms with E-state index < -0.39 is 11.9 Å². The first-order valence-electron chi connectivity index (χ1n) is 8.63. The molecule has 0 radical (unpaired) electrons. The van der Waals surface area contributed by atoms with Gasteiger partial charge >= 0.3 is 5.97 Å². The van der Waals surface area contributed by atoms with Gasteiger partial charge in [0, 0.05) is 23.5 Å². The van der Waals surface area contributed by atoms with E-state index in [2.05, 4.69) is 15.0 Å². The first-order chi connectivity index (χ1) is 14.0. The molecule has 0 aromatic carbocycles. The number of carbonyl (C=O) groups is 1. The lowest BCUT2D eigenvalue weighted by Gasteiger charge is -2.09. The van der Waals surface area contributed by atoms with Gasteiger partial charge < -0.3 is 15.4 Å². The Morgan fingerprint density at radius 2 is 2.03 bits per heavy atom. The van der Waals surface area contributed by atoms with Crippen LogP contribution in [0.15, 0.2) is 49.2 Å². The smallest absolute Gasteiger partial charge is 0.312 e. The maximum absolute atomic E-state index is 11.8. The van der Waals surface area contributed by atoms with Crippen molar-refractivity contribution in [1.82, 2.24) is 19.5 Å². The summed E-state index contributed by atoms with van der Waals surface area (Å²) in [5.41, 5.74) is 6.89. The molecule has 1 unspecified atom stereocenters. The number of nitrogen functional groups attached to an aromatic ring is 1. The molecule has 4 rings (SSSR count). The highest BCUT2D eigenvalue weighted by Crippen LogP contribution is 2.33. The van der Waals surface area contributed by atoms with Gasteiger partial charge in [0.2, 0.25) is 0 Å². The maximum Gasteiger partial charge on any atom is 0.312 e. The Bertz CT molecular complexity index is 1140. The fraction of sp³-hybridized carbons (Fsp3) is 0.158. The second kappa shape index (κ2) is 8.32. The minimum absolute atomic E-state index is 0.295. The molecule has 0 amide bonds. The van der Waals surface area contributed by atoms with E-state index in [1.807, 2.05) is 22.9 Å². The molecule has 0 saturated heterocycles. The Hall–Kier alpha value is -2.75. The number of anilines is 1. The number of carboxylic acids is 1. The van der Waals surface area contributed by atoms with Gasteiger partial charge in [-0.05, 0) is 30.2 Å². The van der Waals surface area contributed by atoms with Gasteiger partial charge in [-0.15, -0.1) is 22.7 Å². The van der Waals surface area contributed by atoms with Crippen molar-refractivity contribution in [3.63, 3.8) is 0 Å². The number of nitrogens with two attached hydrogens (primary N) is 1. The summed E-state index contributed by atoms with van der Waals surface area (Å²) in [4.78, 5) is 26.7. The van der Waals surface area contributed by atoms with Crippen LogP contribution < -0.4 is 5.73 Å². The predicted octanol–water partition coefficient (Wildman–Crippen LogP) is 4.16.